The highest BCUT2D eigenvalue weighted by Crippen LogP contribution is 2.28. The van der Waals surface area contributed by atoms with Crippen molar-refractivity contribution in [3.8, 4) is 0 Å². The van der Waals surface area contributed by atoms with Crippen LogP contribution < -0.4 is 0 Å². The maximum Gasteiger partial charge on any atom is 0.304 e. The summed E-state index contributed by atoms with van der Waals surface area (Å²) in [6, 6.07) is 5.57. The molecule has 0 spiro atoms. The van der Waals surface area contributed by atoms with Gasteiger partial charge in [-0.25, -0.2) is 8.42 Å². The van der Waals surface area contributed by atoms with Crippen LogP contribution in [0.1, 0.15) is 25.7 Å². The number of aliphatic carboxylic acids is 1. The van der Waals surface area contributed by atoms with Crippen molar-refractivity contribution in [1.29, 1.82) is 0 Å². The monoisotopic (exact) mass is 317 g/mol. The summed E-state index contributed by atoms with van der Waals surface area (Å²) in [5, 5.41) is 9.27. The molecule has 0 aromatic heterocycles. The number of nitrogens with zero attached hydrogens (tertiary/aromatic N) is 1. The first-order valence-electron chi connectivity index (χ1n) is 6.40. The van der Waals surface area contributed by atoms with Crippen LogP contribution in [-0.4, -0.2) is 36.4 Å². The van der Waals surface area contributed by atoms with E-state index in [9.17, 15) is 13.2 Å². The smallest absolute Gasteiger partial charge is 0.304 e. The van der Waals surface area contributed by atoms with Gasteiger partial charge in [-0.2, -0.15) is 4.31 Å². The zero-order chi connectivity index (χ0) is 14.8. The Morgan fingerprint density at radius 3 is 2.80 bits per heavy atom. The number of benzene rings is 1. The van der Waals surface area contributed by atoms with E-state index >= 15 is 0 Å². The molecule has 2 rings (SSSR count). The largest absolute Gasteiger partial charge is 0.481 e. The number of carboxylic acid groups (broad SMARTS) is 1. The Kier molecular flexibility index (Phi) is 4.67. The Hall–Kier alpha value is -1.11. The summed E-state index contributed by atoms with van der Waals surface area (Å²) in [7, 11) is -3.69. The van der Waals surface area contributed by atoms with Crippen LogP contribution in [0.25, 0.3) is 0 Å². The Morgan fingerprint density at radius 2 is 2.15 bits per heavy atom. The maximum absolute atomic E-state index is 12.6. The van der Waals surface area contributed by atoms with Gasteiger partial charge in [-0.1, -0.05) is 24.1 Å². The van der Waals surface area contributed by atoms with Gasteiger partial charge in [0.05, 0.1) is 11.3 Å². The molecule has 1 atom stereocenters. The van der Waals surface area contributed by atoms with Crippen LogP contribution in [0, 0.1) is 0 Å². The van der Waals surface area contributed by atoms with Crippen LogP contribution in [0.3, 0.4) is 0 Å². The average Bonchev–Trinajstić information content (AvgIpc) is 2.38. The van der Waals surface area contributed by atoms with Gasteiger partial charge >= 0.3 is 5.97 Å². The zero-order valence-corrected chi connectivity index (χ0v) is 12.4. The summed E-state index contributed by atoms with van der Waals surface area (Å²) >= 11 is 5.83. The molecule has 1 fully saturated rings. The molecule has 5 nitrogen and oxygen atoms in total. The number of piperidine rings is 1. The van der Waals surface area contributed by atoms with Crippen molar-refractivity contribution >= 4 is 27.6 Å². The fourth-order valence-corrected chi connectivity index (χ4v) is 4.45. The minimum atomic E-state index is -3.69. The molecule has 0 amide bonds. The molecular weight excluding hydrogens is 302 g/mol. The van der Waals surface area contributed by atoms with Crippen molar-refractivity contribution in [1.82, 2.24) is 4.31 Å². The Balaban J connectivity index is 2.33. The zero-order valence-electron chi connectivity index (χ0n) is 10.8. The molecule has 1 aliphatic heterocycles. The van der Waals surface area contributed by atoms with Crippen LogP contribution in [0.2, 0.25) is 5.02 Å². The number of hydrogen-bond acceptors (Lipinski definition) is 3. The molecule has 1 aromatic rings. The van der Waals surface area contributed by atoms with Gasteiger partial charge in [0.1, 0.15) is 0 Å². The van der Waals surface area contributed by atoms with Gasteiger partial charge in [0.2, 0.25) is 10.0 Å². The van der Waals surface area contributed by atoms with E-state index in [2.05, 4.69) is 0 Å². The number of rotatable bonds is 4. The lowest BCUT2D eigenvalue weighted by Crippen LogP contribution is -2.44. The maximum atomic E-state index is 12.6. The van der Waals surface area contributed by atoms with E-state index in [1.54, 1.807) is 12.1 Å². The van der Waals surface area contributed by atoms with Crippen molar-refractivity contribution in [2.75, 3.05) is 6.54 Å². The molecule has 1 aliphatic rings. The van der Waals surface area contributed by atoms with Crippen LogP contribution in [0.4, 0.5) is 0 Å². The first-order chi connectivity index (χ1) is 9.41. The molecule has 1 N–H and O–H groups in total. The van der Waals surface area contributed by atoms with Crippen molar-refractivity contribution in [3.63, 3.8) is 0 Å². The molecule has 1 saturated heterocycles. The van der Waals surface area contributed by atoms with E-state index in [1.165, 1.54) is 16.4 Å². The Bertz CT molecular complexity index is 602. The average molecular weight is 318 g/mol. The molecule has 0 bridgehead atoms. The summed E-state index contributed by atoms with van der Waals surface area (Å²) in [5.41, 5.74) is 0. The van der Waals surface area contributed by atoms with E-state index in [1.807, 2.05) is 0 Å². The standard InChI is InChI=1S/C13H16ClNO4S/c14-10-4-3-6-12(8-10)20(18,19)15-7-2-1-5-11(15)9-13(16)17/h3-4,6,8,11H,1-2,5,7,9H2,(H,16,17). The van der Waals surface area contributed by atoms with Gasteiger partial charge in [0, 0.05) is 17.6 Å². The second kappa shape index (κ2) is 6.11. The van der Waals surface area contributed by atoms with E-state index in [0.717, 1.165) is 12.8 Å². The SMILES string of the molecule is O=C(O)CC1CCCCN1S(=O)(=O)c1cccc(Cl)c1. The van der Waals surface area contributed by atoms with E-state index in [-0.39, 0.29) is 11.3 Å². The van der Waals surface area contributed by atoms with E-state index in [4.69, 9.17) is 16.7 Å². The predicted octanol–water partition coefficient (Wildman–Crippen LogP) is 2.36. The van der Waals surface area contributed by atoms with Crippen LogP contribution in [-0.2, 0) is 14.8 Å². The van der Waals surface area contributed by atoms with Crippen molar-refractivity contribution in [2.24, 2.45) is 0 Å². The highest BCUT2D eigenvalue weighted by molar-refractivity contribution is 7.89. The van der Waals surface area contributed by atoms with Gasteiger partial charge in [0.25, 0.3) is 0 Å². The van der Waals surface area contributed by atoms with Gasteiger partial charge in [0.15, 0.2) is 0 Å². The van der Waals surface area contributed by atoms with Gasteiger partial charge in [-0.3, -0.25) is 4.79 Å². The quantitative estimate of drug-likeness (QED) is 0.925. The second-order valence-electron chi connectivity index (χ2n) is 4.82. The third kappa shape index (κ3) is 3.31. The number of carboxylic acids is 1. The third-order valence-corrected chi connectivity index (χ3v) is 5.57. The fourth-order valence-electron chi connectivity index (χ4n) is 2.46. The van der Waals surface area contributed by atoms with Crippen LogP contribution in [0.15, 0.2) is 29.2 Å². The predicted molar refractivity (Wildman–Crippen MR) is 75.2 cm³/mol. The Morgan fingerprint density at radius 1 is 1.40 bits per heavy atom. The van der Waals surface area contributed by atoms with Crippen molar-refractivity contribution in [2.45, 2.75) is 36.6 Å². The first kappa shape index (κ1) is 15.3. The lowest BCUT2D eigenvalue weighted by Gasteiger charge is -2.33. The molecule has 1 aromatic carbocycles. The minimum Gasteiger partial charge on any atom is -0.481 e. The van der Waals surface area contributed by atoms with E-state index in [0.29, 0.717) is 18.0 Å². The van der Waals surface area contributed by atoms with E-state index < -0.39 is 22.0 Å². The molecule has 1 heterocycles. The normalized spacial score (nSPS) is 20.8. The van der Waals surface area contributed by atoms with Crippen molar-refractivity contribution < 1.29 is 18.3 Å². The van der Waals surface area contributed by atoms with Gasteiger partial charge < -0.3 is 5.11 Å². The highest BCUT2D eigenvalue weighted by Gasteiger charge is 2.34. The summed E-state index contributed by atoms with van der Waals surface area (Å²) < 4.78 is 26.5. The fraction of sp³-hybridized carbons (Fsp3) is 0.462. The lowest BCUT2D eigenvalue weighted by atomic mass is 10.0. The Labute approximate surface area is 123 Å². The van der Waals surface area contributed by atoms with Crippen LogP contribution in [0.5, 0.6) is 0 Å². The van der Waals surface area contributed by atoms with Gasteiger partial charge in [-0.05, 0) is 31.0 Å². The second-order valence-corrected chi connectivity index (χ2v) is 7.15. The number of hydrogen-bond donors (Lipinski definition) is 1. The molecule has 110 valence electrons. The summed E-state index contributed by atoms with van der Waals surface area (Å²) in [5.74, 6) is -0.983. The van der Waals surface area contributed by atoms with Gasteiger partial charge in [-0.15, -0.1) is 0 Å². The van der Waals surface area contributed by atoms with Crippen molar-refractivity contribution in [3.05, 3.63) is 29.3 Å². The minimum absolute atomic E-state index is 0.113. The molecule has 0 saturated carbocycles. The number of carbonyl (C=O) groups is 1. The van der Waals surface area contributed by atoms with Crippen LogP contribution >= 0.6 is 11.6 Å². The molecule has 1 unspecified atom stereocenters. The number of sulfonamides is 1. The molecule has 7 heteroatoms. The highest BCUT2D eigenvalue weighted by atomic mass is 35.5. The molecule has 20 heavy (non-hydrogen) atoms. The molecule has 0 radical (unpaired) electrons. The summed E-state index contributed by atoms with van der Waals surface area (Å²) in [6.07, 6.45) is 2.00. The topological polar surface area (TPSA) is 74.7 Å². The number of halogens is 1. The summed E-state index contributed by atoms with van der Waals surface area (Å²) in [6.45, 7) is 0.354. The lowest BCUT2D eigenvalue weighted by molar-refractivity contribution is -0.138. The molecular formula is C13H16ClNO4S. The third-order valence-electron chi connectivity index (χ3n) is 3.39. The summed E-state index contributed by atoms with van der Waals surface area (Å²) in [4.78, 5) is 11.0. The first-order valence-corrected chi connectivity index (χ1v) is 8.22. The molecule has 0 aliphatic carbocycles.